The average molecular weight is 216 g/mol. The first-order valence-electron chi connectivity index (χ1n) is 4.49. The molecule has 3 nitrogen and oxygen atoms in total. The molecule has 0 saturated carbocycles. The number of benzene rings is 1. The van der Waals surface area contributed by atoms with Gasteiger partial charge in [0.15, 0.2) is 5.82 Å². The van der Waals surface area contributed by atoms with Crippen LogP contribution >= 0.6 is 0 Å². The maximum Gasteiger partial charge on any atom is 0.151 e. The first-order valence-corrected chi connectivity index (χ1v) is 4.49. The van der Waals surface area contributed by atoms with E-state index in [1.54, 1.807) is 13.8 Å². The van der Waals surface area contributed by atoms with Crippen LogP contribution in [-0.4, -0.2) is 17.3 Å². The predicted molar refractivity (Wildman–Crippen MR) is 55.6 cm³/mol. The number of nitrogens with one attached hydrogen (secondary N) is 1. The van der Waals surface area contributed by atoms with Crippen LogP contribution in [0.4, 0.5) is 20.2 Å². The third-order valence-electron chi connectivity index (χ3n) is 1.96. The van der Waals surface area contributed by atoms with Gasteiger partial charge in [0, 0.05) is 6.07 Å². The van der Waals surface area contributed by atoms with E-state index in [0.717, 1.165) is 6.07 Å². The van der Waals surface area contributed by atoms with E-state index < -0.39 is 17.2 Å². The molecule has 0 amide bonds. The van der Waals surface area contributed by atoms with Crippen LogP contribution in [0.25, 0.3) is 0 Å². The zero-order valence-electron chi connectivity index (χ0n) is 8.64. The van der Waals surface area contributed by atoms with Crippen molar-refractivity contribution in [3.05, 3.63) is 23.8 Å². The summed E-state index contributed by atoms with van der Waals surface area (Å²) in [7, 11) is 0. The van der Waals surface area contributed by atoms with Crippen LogP contribution in [0.1, 0.15) is 13.8 Å². The first-order chi connectivity index (χ1) is 6.85. The lowest BCUT2D eigenvalue weighted by atomic mass is 10.1. The summed E-state index contributed by atoms with van der Waals surface area (Å²) >= 11 is 0. The molecule has 0 bridgehead atoms. The number of anilines is 2. The Hall–Kier alpha value is -1.36. The van der Waals surface area contributed by atoms with Crippen molar-refractivity contribution in [3.63, 3.8) is 0 Å². The van der Waals surface area contributed by atoms with Gasteiger partial charge in [-0.1, -0.05) is 0 Å². The fraction of sp³-hybridized carbons (Fsp3) is 0.400. The number of aliphatic hydroxyl groups excluding tert-OH is 1. The highest BCUT2D eigenvalue weighted by Gasteiger charge is 2.18. The number of aliphatic hydroxyl groups is 1. The summed E-state index contributed by atoms with van der Waals surface area (Å²) in [5.74, 6) is -1.52. The fourth-order valence-electron chi connectivity index (χ4n) is 1.09. The molecule has 0 atom stereocenters. The molecule has 1 aromatic carbocycles. The molecule has 0 aliphatic heterocycles. The molecule has 0 heterocycles. The minimum Gasteiger partial charge on any atom is -0.395 e. The van der Waals surface area contributed by atoms with Crippen LogP contribution in [0.5, 0.6) is 0 Å². The summed E-state index contributed by atoms with van der Waals surface area (Å²) in [6.07, 6.45) is 0. The van der Waals surface area contributed by atoms with E-state index >= 15 is 0 Å². The highest BCUT2D eigenvalue weighted by atomic mass is 19.1. The van der Waals surface area contributed by atoms with Crippen molar-refractivity contribution in [2.24, 2.45) is 0 Å². The summed E-state index contributed by atoms with van der Waals surface area (Å²) < 4.78 is 25.9. The molecule has 0 aliphatic carbocycles. The number of halogens is 2. The zero-order valence-corrected chi connectivity index (χ0v) is 8.64. The quantitative estimate of drug-likeness (QED) is 0.674. The Bertz CT molecular complexity index is 367. The molecule has 0 radical (unpaired) electrons. The number of nitrogens with two attached hydrogens (primary N) is 1. The van der Waals surface area contributed by atoms with Crippen molar-refractivity contribution >= 4 is 11.4 Å². The van der Waals surface area contributed by atoms with Crippen LogP contribution < -0.4 is 11.1 Å². The minimum atomic E-state index is -0.814. The molecule has 0 saturated heterocycles. The third-order valence-corrected chi connectivity index (χ3v) is 1.96. The lowest BCUT2D eigenvalue weighted by molar-refractivity contribution is 0.234. The van der Waals surface area contributed by atoms with E-state index in [9.17, 15) is 8.78 Å². The van der Waals surface area contributed by atoms with Gasteiger partial charge in [-0.05, 0) is 19.9 Å². The second kappa shape index (κ2) is 4.02. The van der Waals surface area contributed by atoms with Gasteiger partial charge in [0.05, 0.1) is 23.5 Å². The third kappa shape index (κ3) is 2.79. The van der Waals surface area contributed by atoms with Crippen molar-refractivity contribution in [1.29, 1.82) is 0 Å². The molecular formula is C10H14F2N2O. The SMILES string of the molecule is CC(C)(CO)Nc1cc(F)cc(F)c1N. The highest BCUT2D eigenvalue weighted by Crippen LogP contribution is 2.26. The predicted octanol–water partition coefficient (Wildman–Crippen LogP) is 1.73. The number of hydrogen-bond acceptors (Lipinski definition) is 3. The van der Waals surface area contributed by atoms with Gasteiger partial charge in [0.2, 0.25) is 0 Å². The lowest BCUT2D eigenvalue weighted by Gasteiger charge is -2.25. The van der Waals surface area contributed by atoms with Crippen LogP contribution in [0.2, 0.25) is 0 Å². The van der Waals surface area contributed by atoms with E-state index in [4.69, 9.17) is 10.8 Å². The van der Waals surface area contributed by atoms with Crippen LogP contribution in [0, 0.1) is 11.6 Å². The van der Waals surface area contributed by atoms with Gasteiger partial charge >= 0.3 is 0 Å². The number of hydrogen-bond donors (Lipinski definition) is 3. The Morgan fingerprint density at radius 1 is 1.40 bits per heavy atom. The molecule has 5 heteroatoms. The van der Waals surface area contributed by atoms with Crippen LogP contribution in [-0.2, 0) is 0 Å². The van der Waals surface area contributed by atoms with Crippen LogP contribution in [0.3, 0.4) is 0 Å². The highest BCUT2D eigenvalue weighted by molar-refractivity contribution is 5.67. The van der Waals surface area contributed by atoms with Gasteiger partial charge in [-0.15, -0.1) is 0 Å². The molecule has 4 N–H and O–H groups in total. The Kier molecular flexibility index (Phi) is 3.14. The average Bonchev–Trinajstić information content (AvgIpc) is 2.13. The first kappa shape index (κ1) is 11.7. The molecule has 0 unspecified atom stereocenters. The molecular weight excluding hydrogens is 202 g/mol. The normalized spacial score (nSPS) is 11.5. The summed E-state index contributed by atoms with van der Waals surface area (Å²) in [6.45, 7) is 3.20. The van der Waals surface area contributed by atoms with E-state index in [0.29, 0.717) is 6.07 Å². The Balaban J connectivity index is 3.05. The van der Waals surface area contributed by atoms with Gasteiger partial charge in [0.25, 0.3) is 0 Å². The Morgan fingerprint density at radius 3 is 2.53 bits per heavy atom. The van der Waals surface area contributed by atoms with Crippen molar-refractivity contribution < 1.29 is 13.9 Å². The van der Waals surface area contributed by atoms with E-state index in [1.807, 2.05) is 0 Å². The Morgan fingerprint density at radius 2 is 2.00 bits per heavy atom. The maximum absolute atomic E-state index is 13.1. The van der Waals surface area contributed by atoms with Gasteiger partial charge in [-0.2, -0.15) is 0 Å². The van der Waals surface area contributed by atoms with Gasteiger partial charge in [-0.25, -0.2) is 8.78 Å². The summed E-state index contributed by atoms with van der Waals surface area (Å²) in [4.78, 5) is 0. The lowest BCUT2D eigenvalue weighted by Crippen LogP contribution is -2.35. The van der Waals surface area contributed by atoms with Crippen molar-refractivity contribution in [1.82, 2.24) is 0 Å². The van der Waals surface area contributed by atoms with Crippen molar-refractivity contribution in [2.45, 2.75) is 19.4 Å². The second-order valence-corrected chi connectivity index (χ2v) is 4.02. The molecule has 0 fully saturated rings. The molecule has 15 heavy (non-hydrogen) atoms. The van der Waals surface area contributed by atoms with E-state index in [1.165, 1.54) is 0 Å². The van der Waals surface area contributed by atoms with Crippen LogP contribution in [0.15, 0.2) is 12.1 Å². The fourth-order valence-corrected chi connectivity index (χ4v) is 1.09. The van der Waals surface area contributed by atoms with Crippen molar-refractivity contribution in [2.75, 3.05) is 17.7 Å². The number of rotatable bonds is 3. The van der Waals surface area contributed by atoms with E-state index in [2.05, 4.69) is 5.32 Å². The monoisotopic (exact) mass is 216 g/mol. The van der Waals surface area contributed by atoms with Gasteiger partial charge in [0.1, 0.15) is 5.82 Å². The smallest absolute Gasteiger partial charge is 0.151 e. The van der Waals surface area contributed by atoms with Gasteiger partial charge in [-0.3, -0.25) is 0 Å². The van der Waals surface area contributed by atoms with Crippen molar-refractivity contribution in [3.8, 4) is 0 Å². The molecule has 1 rings (SSSR count). The molecule has 0 spiro atoms. The molecule has 84 valence electrons. The Labute approximate surface area is 86.9 Å². The molecule has 0 aromatic heterocycles. The largest absolute Gasteiger partial charge is 0.395 e. The summed E-state index contributed by atoms with van der Waals surface area (Å²) in [5, 5.41) is 11.8. The second-order valence-electron chi connectivity index (χ2n) is 4.02. The standard InChI is InChI=1S/C10H14F2N2O/c1-10(2,5-15)14-8-4-6(11)3-7(12)9(8)13/h3-4,14-15H,5,13H2,1-2H3. The zero-order chi connectivity index (χ0) is 11.6. The van der Waals surface area contributed by atoms with E-state index in [-0.39, 0.29) is 18.0 Å². The molecule has 0 aliphatic rings. The minimum absolute atomic E-state index is 0.145. The summed E-state index contributed by atoms with van der Waals surface area (Å²) in [5.41, 5.74) is 4.73. The molecule has 1 aromatic rings. The number of nitrogen functional groups attached to an aromatic ring is 1. The maximum atomic E-state index is 13.1. The van der Waals surface area contributed by atoms with Gasteiger partial charge < -0.3 is 16.2 Å². The summed E-state index contributed by atoms with van der Waals surface area (Å²) in [6, 6.07) is 1.81. The topological polar surface area (TPSA) is 58.3 Å².